The van der Waals surface area contributed by atoms with Crippen molar-refractivity contribution in [3.05, 3.63) is 53.9 Å². The number of anilines is 2. The van der Waals surface area contributed by atoms with Crippen molar-refractivity contribution in [3.63, 3.8) is 0 Å². The highest BCUT2D eigenvalue weighted by Gasteiger charge is 2.32. The van der Waals surface area contributed by atoms with Gasteiger partial charge in [0.2, 0.25) is 0 Å². The first-order chi connectivity index (χ1) is 12.0. The lowest BCUT2D eigenvalue weighted by molar-refractivity contribution is -0.137. The van der Waals surface area contributed by atoms with Crippen LogP contribution in [0, 0.1) is 22.7 Å². The Bertz CT molecular complexity index is 967. The standard InChI is InChI=1S/C15H3Cl5F3N3/c16-8-1-5(15(21,22)23)2-9(17)14(8)26-13-7(4-25)11(19)10(18)6(3-24)12(13)20/h1-2,26H. The molecule has 2 rings (SSSR count). The van der Waals surface area contributed by atoms with Gasteiger partial charge < -0.3 is 5.32 Å². The molecule has 0 unspecified atom stereocenters. The number of halogens is 8. The summed E-state index contributed by atoms with van der Waals surface area (Å²) in [6.07, 6.45) is -4.65. The van der Waals surface area contributed by atoms with Crippen LogP contribution in [0.5, 0.6) is 0 Å². The molecule has 0 aliphatic rings. The van der Waals surface area contributed by atoms with E-state index in [1.807, 2.05) is 0 Å². The molecule has 26 heavy (non-hydrogen) atoms. The van der Waals surface area contributed by atoms with Gasteiger partial charge in [0, 0.05) is 0 Å². The third-order valence-corrected chi connectivity index (χ3v) is 4.99. The average molecular weight is 459 g/mol. The molecule has 0 radical (unpaired) electrons. The molecule has 0 saturated heterocycles. The van der Waals surface area contributed by atoms with Gasteiger partial charge in [0.1, 0.15) is 12.1 Å². The Balaban J connectivity index is 2.69. The Kier molecular flexibility index (Phi) is 6.07. The van der Waals surface area contributed by atoms with Gasteiger partial charge in [-0.05, 0) is 12.1 Å². The quantitative estimate of drug-likeness (QED) is 0.474. The maximum absolute atomic E-state index is 12.8. The predicted molar refractivity (Wildman–Crippen MR) is 95.6 cm³/mol. The first-order valence-electron chi connectivity index (χ1n) is 6.36. The normalized spacial score (nSPS) is 11.0. The van der Waals surface area contributed by atoms with Crippen LogP contribution in [-0.2, 0) is 6.18 Å². The van der Waals surface area contributed by atoms with Crippen LogP contribution >= 0.6 is 58.0 Å². The molecule has 2 aromatic carbocycles. The second-order valence-corrected chi connectivity index (χ2v) is 6.68. The molecule has 0 saturated carbocycles. The lowest BCUT2D eigenvalue weighted by Gasteiger charge is -2.17. The minimum Gasteiger partial charge on any atom is -0.351 e. The topological polar surface area (TPSA) is 59.6 Å². The van der Waals surface area contributed by atoms with E-state index in [9.17, 15) is 18.4 Å². The van der Waals surface area contributed by atoms with Crippen LogP contribution in [0.2, 0.25) is 25.1 Å². The Hall–Kier alpha value is -1.54. The molecule has 0 spiro atoms. The van der Waals surface area contributed by atoms with Crippen LogP contribution in [0.1, 0.15) is 16.7 Å². The Morgan fingerprint density at radius 2 is 1.23 bits per heavy atom. The zero-order valence-electron chi connectivity index (χ0n) is 12.1. The summed E-state index contributed by atoms with van der Waals surface area (Å²) in [6.45, 7) is 0. The monoisotopic (exact) mass is 457 g/mol. The first-order valence-corrected chi connectivity index (χ1v) is 8.25. The summed E-state index contributed by atoms with van der Waals surface area (Å²) < 4.78 is 38.4. The van der Waals surface area contributed by atoms with Crippen molar-refractivity contribution in [2.75, 3.05) is 5.32 Å². The van der Waals surface area contributed by atoms with Gasteiger partial charge in [-0.15, -0.1) is 0 Å². The van der Waals surface area contributed by atoms with Gasteiger partial charge in [-0.2, -0.15) is 23.7 Å². The SMILES string of the molecule is N#Cc1c(Cl)c(Cl)c(C#N)c(Nc2c(Cl)cc(C(F)(F)F)cc2Cl)c1Cl. The number of hydrogen-bond acceptors (Lipinski definition) is 3. The molecule has 2 aromatic rings. The highest BCUT2D eigenvalue weighted by atomic mass is 35.5. The van der Waals surface area contributed by atoms with Crippen molar-refractivity contribution in [2.24, 2.45) is 0 Å². The van der Waals surface area contributed by atoms with Gasteiger partial charge in [0.15, 0.2) is 0 Å². The van der Waals surface area contributed by atoms with E-state index in [1.54, 1.807) is 12.1 Å². The molecule has 3 nitrogen and oxygen atoms in total. The zero-order valence-corrected chi connectivity index (χ0v) is 15.9. The third-order valence-electron chi connectivity index (χ3n) is 3.16. The molecule has 0 fully saturated rings. The largest absolute Gasteiger partial charge is 0.416 e. The summed E-state index contributed by atoms with van der Waals surface area (Å²) in [6, 6.07) is 4.78. The molecule has 11 heteroatoms. The number of hydrogen-bond donors (Lipinski definition) is 1. The summed E-state index contributed by atoms with van der Waals surface area (Å²) in [5.41, 5.74) is -1.83. The highest BCUT2D eigenvalue weighted by Crippen LogP contribution is 2.45. The fourth-order valence-corrected chi connectivity index (χ4v) is 3.33. The van der Waals surface area contributed by atoms with E-state index in [4.69, 9.17) is 63.3 Å². The van der Waals surface area contributed by atoms with Crippen LogP contribution in [0.25, 0.3) is 0 Å². The number of alkyl halides is 3. The van der Waals surface area contributed by atoms with Crippen LogP contribution < -0.4 is 5.32 Å². The van der Waals surface area contributed by atoms with Gasteiger partial charge in [0.25, 0.3) is 0 Å². The van der Waals surface area contributed by atoms with E-state index < -0.39 is 11.7 Å². The molecule has 0 atom stereocenters. The Labute approximate surface area is 170 Å². The smallest absolute Gasteiger partial charge is 0.351 e. The second-order valence-electron chi connectivity index (χ2n) is 4.73. The molecule has 134 valence electrons. The maximum Gasteiger partial charge on any atom is 0.416 e. The molecular formula is C15H3Cl5F3N3. The number of benzene rings is 2. The molecule has 0 aliphatic heterocycles. The zero-order chi connectivity index (χ0) is 19.8. The molecule has 0 aromatic heterocycles. The minimum atomic E-state index is -4.65. The summed E-state index contributed by atoms with van der Waals surface area (Å²) in [5.74, 6) is 0. The predicted octanol–water partition coefficient (Wildman–Crippen LogP) is 7.46. The van der Waals surface area contributed by atoms with Crippen LogP contribution in [-0.4, -0.2) is 0 Å². The van der Waals surface area contributed by atoms with Crippen molar-refractivity contribution in [3.8, 4) is 12.1 Å². The van der Waals surface area contributed by atoms with Crippen LogP contribution in [0.4, 0.5) is 24.5 Å². The Morgan fingerprint density at radius 1 is 0.769 bits per heavy atom. The summed E-state index contributed by atoms with van der Waals surface area (Å²) in [5, 5.41) is 19.5. The van der Waals surface area contributed by atoms with Crippen molar-refractivity contribution in [2.45, 2.75) is 6.18 Å². The van der Waals surface area contributed by atoms with E-state index in [2.05, 4.69) is 5.32 Å². The van der Waals surface area contributed by atoms with Crippen molar-refractivity contribution >= 4 is 69.4 Å². The van der Waals surface area contributed by atoms with Gasteiger partial charge in [0.05, 0.1) is 53.2 Å². The van der Waals surface area contributed by atoms with Crippen molar-refractivity contribution in [1.82, 2.24) is 0 Å². The average Bonchev–Trinajstić information content (AvgIpc) is 2.55. The molecule has 0 heterocycles. The van der Waals surface area contributed by atoms with Gasteiger partial charge in [-0.1, -0.05) is 58.0 Å². The molecule has 0 amide bonds. The maximum atomic E-state index is 12.8. The summed E-state index contributed by atoms with van der Waals surface area (Å²) >= 11 is 29.7. The van der Waals surface area contributed by atoms with Gasteiger partial charge in [-0.25, -0.2) is 0 Å². The van der Waals surface area contributed by atoms with Crippen molar-refractivity contribution < 1.29 is 13.2 Å². The minimum absolute atomic E-state index is 0.151. The van der Waals surface area contributed by atoms with Crippen LogP contribution in [0.3, 0.4) is 0 Å². The lowest BCUT2D eigenvalue weighted by Crippen LogP contribution is -2.06. The summed E-state index contributed by atoms with van der Waals surface area (Å²) in [7, 11) is 0. The van der Waals surface area contributed by atoms with E-state index in [1.165, 1.54) is 0 Å². The highest BCUT2D eigenvalue weighted by molar-refractivity contribution is 6.46. The second kappa shape index (κ2) is 7.60. The van der Waals surface area contributed by atoms with E-state index in [0.29, 0.717) is 12.1 Å². The number of nitrogens with zero attached hydrogens (tertiary/aromatic N) is 2. The lowest BCUT2D eigenvalue weighted by atomic mass is 10.1. The fourth-order valence-electron chi connectivity index (χ4n) is 1.96. The van der Waals surface area contributed by atoms with E-state index >= 15 is 0 Å². The third kappa shape index (κ3) is 3.76. The summed E-state index contributed by atoms with van der Waals surface area (Å²) in [4.78, 5) is 0. The van der Waals surface area contributed by atoms with Crippen molar-refractivity contribution in [1.29, 1.82) is 10.5 Å². The van der Waals surface area contributed by atoms with Gasteiger partial charge in [-0.3, -0.25) is 0 Å². The number of rotatable bonds is 2. The van der Waals surface area contributed by atoms with E-state index in [-0.39, 0.29) is 47.6 Å². The molecule has 0 bridgehead atoms. The first kappa shape index (κ1) is 20.8. The molecular weight excluding hydrogens is 456 g/mol. The fraction of sp³-hybridized carbons (Fsp3) is 0.0667. The van der Waals surface area contributed by atoms with Gasteiger partial charge >= 0.3 is 6.18 Å². The Morgan fingerprint density at radius 3 is 1.65 bits per heavy atom. The number of nitriles is 2. The van der Waals surface area contributed by atoms with E-state index in [0.717, 1.165) is 0 Å². The van der Waals surface area contributed by atoms with Crippen LogP contribution in [0.15, 0.2) is 12.1 Å². The molecule has 0 aliphatic carbocycles. The molecule has 1 N–H and O–H groups in total. The number of nitrogens with one attached hydrogen (secondary N) is 1.